The van der Waals surface area contributed by atoms with Crippen molar-refractivity contribution in [3.8, 4) is 11.1 Å². The number of rotatable bonds is 5. The van der Waals surface area contributed by atoms with Crippen molar-refractivity contribution in [3.05, 3.63) is 59.7 Å². The van der Waals surface area contributed by atoms with Crippen LogP contribution in [0.4, 0.5) is 4.79 Å². The molecule has 0 bridgehead atoms. The maximum Gasteiger partial charge on any atom is 0.410 e. The van der Waals surface area contributed by atoms with Gasteiger partial charge in [0.15, 0.2) is 0 Å². The Balaban J connectivity index is 1.43. The number of esters is 1. The summed E-state index contributed by atoms with van der Waals surface area (Å²) in [6, 6.07) is 16.7. The number of likely N-dealkylation sites (tertiary alicyclic amines) is 1. The Labute approximate surface area is 171 Å². The second-order valence-electron chi connectivity index (χ2n) is 7.78. The molecule has 1 heterocycles. The van der Waals surface area contributed by atoms with Crippen LogP contribution >= 0.6 is 0 Å². The zero-order valence-corrected chi connectivity index (χ0v) is 16.8. The Morgan fingerprint density at radius 3 is 2.28 bits per heavy atom. The van der Waals surface area contributed by atoms with Crippen LogP contribution in [0.15, 0.2) is 48.5 Å². The molecule has 4 rings (SSSR count). The van der Waals surface area contributed by atoms with Crippen molar-refractivity contribution in [1.82, 2.24) is 4.90 Å². The highest BCUT2D eigenvalue weighted by Crippen LogP contribution is 2.44. The molecule has 0 radical (unpaired) electrons. The van der Waals surface area contributed by atoms with Gasteiger partial charge in [-0.1, -0.05) is 48.5 Å². The second kappa shape index (κ2) is 8.68. The van der Waals surface area contributed by atoms with Crippen molar-refractivity contribution in [2.75, 3.05) is 19.8 Å². The van der Waals surface area contributed by atoms with Crippen molar-refractivity contribution < 1.29 is 19.1 Å². The molecule has 1 aliphatic heterocycles. The Bertz CT molecular complexity index is 848. The lowest BCUT2D eigenvalue weighted by molar-refractivity contribution is -0.141. The van der Waals surface area contributed by atoms with Crippen LogP contribution in [0.5, 0.6) is 0 Å². The molecule has 1 amide bonds. The molecule has 2 aromatic carbocycles. The molecule has 5 nitrogen and oxygen atoms in total. The van der Waals surface area contributed by atoms with Crippen molar-refractivity contribution in [3.63, 3.8) is 0 Å². The molecule has 0 saturated carbocycles. The van der Waals surface area contributed by atoms with Crippen molar-refractivity contribution in [1.29, 1.82) is 0 Å². The maximum absolute atomic E-state index is 12.9. The SMILES string of the molecule is CC(=O)OCCC1CCCCN1C(=O)OCC1c2ccccc2-c2ccccc21. The largest absolute Gasteiger partial charge is 0.466 e. The third-order valence-corrected chi connectivity index (χ3v) is 5.95. The zero-order chi connectivity index (χ0) is 20.2. The van der Waals surface area contributed by atoms with Gasteiger partial charge in [-0.05, 0) is 41.5 Å². The van der Waals surface area contributed by atoms with E-state index in [1.54, 1.807) is 0 Å². The van der Waals surface area contributed by atoms with Crippen LogP contribution < -0.4 is 0 Å². The average molecular weight is 393 g/mol. The number of hydrogen-bond donors (Lipinski definition) is 0. The van der Waals surface area contributed by atoms with Crippen molar-refractivity contribution >= 4 is 12.1 Å². The highest BCUT2D eigenvalue weighted by Gasteiger charge is 2.32. The third-order valence-electron chi connectivity index (χ3n) is 5.95. The number of carbonyl (C=O) groups excluding carboxylic acids is 2. The van der Waals surface area contributed by atoms with Gasteiger partial charge in [-0.2, -0.15) is 0 Å². The molecule has 1 aliphatic carbocycles. The quantitative estimate of drug-likeness (QED) is 0.689. The number of nitrogens with zero attached hydrogens (tertiary/aromatic N) is 1. The fourth-order valence-electron chi connectivity index (χ4n) is 4.56. The lowest BCUT2D eigenvalue weighted by atomic mass is 9.98. The number of fused-ring (bicyclic) bond motifs is 3. The minimum Gasteiger partial charge on any atom is -0.466 e. The van der Waals surface area contributed by atoms with E-state index in [2.05, 4.69) is 24.3 Å². The summed E-state index contributed by atoms with van der Waals surface area (Å²) in [5.74, 6) is -0.218. The summed E-state index contributed by atoms with van der Waals surface area (Å²) in [6.45, 7) is 2.78. The van der Waals surface area contributed by atoms with Gasteiger partial charge in [0, 0.05) is 31.8 Å². The summed E-state index contributed by atoms with van der Waals surface area (Å²) in [6.07, 6.45) is 3.38. The fraction of sp³-hybridized carbons (Fsp3) is 0.417. The predicted molar refractivity (Wildman–Crippen MR) is 111 cm³/mol. The zero-order valence-electron chi connectivity index (χ0n) is 16.8. The van der Waals surface area contributed by atoms with E-state index in [1.807, 2.05) is 29.2 Å². The van der Waals surface area contributed by atoms with E-state index in [9.17, 15) is 9.59 Å². The van der Waals surface area contributed by atoms with Crippen LogP contribution in [0.3, 0.4) is 0 Å². The van der Waals surface area contributed by atoms with E-state index in [0.29, 0.717) is 26.2 Å². The van der Waals surface area contributed by atoms with Crippen molar-refractivity contribution in [2.45, 2.75) is 44.6 Å². The number of ether oxygens (including phenoxy) is 2. The van der Waals surface area contributed by atoms with E-state index in [1.165, 1.54) is 29.2 Å². The normalized spacial score (nSPS) is 18.1. The molecule has 1 atom stereocenters. The first-order valence-electron chi connectivity index (χ1n) is 10.4. The first-order valence-corrected chi connectivity index (χ1v) is 10.4. The monoisotopic (exact) mass is 393 g/mol. The van der Waals surface area contributed by atoms with E-state index in [-0.39, 0.29) is 24.0 Å². The standard InChI is InChI=1S/C24H27NO4/c1-17(26)28-15-13-18-8-6-7-14-25(18)24(27)29-16-23-21-11-4-2-9-19(21)20-10-3-5-12-22(20)23/h2-5,9-12,18,23H,6-8,13-16H2,1H3. The van der Waals surface area contributed by atoms with E-state index >= 15 is 0 Å². The topological polar surface area (TPSA) is 55.8 Å². The molecule has 5 heteroatoms. The Hall–Kier alpha value is -2.82. The molecule has 1 saturated heterocycles. The lowest BCUT2D eigenvalue weighted by Crippen LogP contribution is -2.44. The van der Waals surface area contributed by atoms with Gasteiger partial charge < -0.3 is 14.4 Å². The highest BCUT2D eigenvalue weighted by atomic mass is 16.6. The number of hydrogen-bond acceptors (Lipinski definition) is 4. The number of benzene rings is 2. The Morgan fingerprint density at radius 2 is 1.62 bits per heavy atom. The van der Waals surface area contributed by atoms with Gasteiger partial charge in [0.2, 0.25) is 0 Å². The van der Waals surface area contributed by atoms with Crippen LogP contribution in [-0.4, -0.2) is 42.8 Å². The van der Waals surface area contributed by atoms with Gasteiger partial charge in [-0.3, -0.25) is 4.79 Å². The maximum atomic E-state index is 12.9. The first kappa shape index (κ1) is 19.5. The van der Waals surface area contributed by atoms with E-state index < -0.39 is 0 Å². The second-order valence-corrected chi connectivity index (χ2v) is 7.78. The predicted octanol–water partition coefficient (Wildman–Crippen LogP) is 4.74. The molecular weight excluding hydrogens is 366 g/mol. The Morgan fingerprint density at radius 1 is 0.966 bits per heavy atom. The molecule has 2 aliphatic rings. The number of carbonyl (C=O) groups is 2. The van der Waals surface area contributed by atoms with Crippen LogP contribution in [0, 0.1) is 0 Å². The summed E-state index contributed by atoms with van der Waals surface area (Å²) in [7, 11) is 0. The molecular formula is C24H27NO4. The first-order chi connectivity index (χ1) is 14.1. The number of piperidine rings is 1. The molecule has 29 heavy (non-hydrogen) atoms. The molecule has 1 unspecified atom stereocenters. The molecule has 0 spiro atoms. The van der Waals surface area contributed by atoms with Crippen LogP contribution in [0.2, 0.25) is 0 Å². The van der Waals surface area contributed by atoms with Gasteiger partial charge in [-0.25, -0.2) is 4.79 Å². The van der Waals surface area contributed by atoms with E-state index in [4.69, 9.17) is 9.47 Å². The summed E-state index contributed by atoms with van der Waals surface area (Å²) in [4.78, 5) is 25.7. The van der Waals surface area contributed by atoms with Gasteiger partial charge >= 0.3 is 12.1 Å². The minimum absolute atomic E-state index is 0.0654. The Kier molecular flexibility index (Phi) is 5.84. The van der Waals surface area contributed by atoms with Gasteiger partial charge in [0.1, 0.15) is 6.61 Å². The number of amides is 1. The van der Waals surface area contributed by atoms with Crippen LogP contribution in [0.25, 0.3) is 11.1 Å². The summed E-state index contributed by atoms with van der Waals surface area (Å²) >= 11 is 0. The molecule has 2 aromatic rings. The van der Waals surface area contributed by atoms with Crippen molar-refractivity contribution in [2.24, 2.45) is 0 Å². The summed E-state index contributed by atoms with van der Waals surface area (Å²) in [5.41, 5.74) is 4.88. The lowest BCUT2D eigenvalue weighted by Gasteiger charge is -2.35. The average Bonchev–Trinajstić information content (AvgIpc) is 3.06. The third kappa shape index (κ3) is 4.14. The summed E-state index contributed by atoms with van der Waals surface area (Å²) in [5, 5.41) is 0. The highest BCUT2D eigenvalue weighted by molar-refractivity contribution is 5.79. The van der Waals surface area contributed by atoms with Gasteiger partial charge in [0.25, 0.3) is 0 Å². The molecule has 1 fully saturated rings. The molecule has 152 valence electrons. The van der Waals surface area contributed by atoms with Gasteiger partial charge in [-0.15, -0.1) is 0 Å². The minimum atomic E-state index is -0.284. The molecule has 0 N–H and O–H groups in total. The van der Waals surface area contributed by atoms with Crippen LogP contribution in [-0.2, 0) is 14.3 Å². The van der Waals surface area contributed by atoms with Crippen LogP contribution in [0.1, 0.15) is 49.7 Å². The summed E-state index contributed by atoms with van der Waals surface area (Å²) < 4.78 is 10.9. The van der Waals surface area contributed by atoms with E-state index in [0.717, 1.165) is 19.3 Å². The molecule has 0 aromatic heterocycles. The smallest absolute Gasteiger partial charge is 0.410 e. The van der Waals surface area contributed by atoms with Gasteiger partial charge in [0.05, 0.1) is 6.61 Å². The fourth-order valence-corrected chi connectivity index (χ4v) is 4.56.